The SMILES string of the molecule is COc1c(Cl)cc(C(F)(F)F)cc1CC(N)C(=O)O. The van der Waals surface area contributed by atoms with Gasteiger partial charge >= 0.3 is 12.1 Å². The molecule has 0 radical (unpaired) electrons. The van der Waals surface area contributed by atoms with E-state index in [0.717, 1.165) is 12.1 Å². The Morgan fingerprint density at radius 2 is 2.11 bits per heavy atom. The average Bonchev–Trinajstić information content (AvgIpc) is 2.27. The fourth-order valence-corrected chi connectivity index (χ4v) is 1.83. The zero-order chi connectivity index (χ0) is 14.8. The normalized spacial score (nSPS) is 13.2. The molecule has 1 aromatic rings. The van der Waals surface area contributed by atoms with Gasteiger partial charge in [0.1, 0.15) is 11.8 Å². The fourth-order valence-electron chi connectivity index (χ4n) is 1.52. The van der Waals surface area contributed by atoms with Gasteiger partial charge in [-0.15, -0.1) is 0 Å². The molecule has 0 aliphatic carbocycles. The summed E-state index contributed by atoms with van der Waals surface area (Å²) in [5.41, 5.74) is 4.32. The predicted octanol–water partition coefficient (Wildman–Crippen LogP) is 2.32. The van der Waals surface area contributed by atoms with Gasteiger partial charge < -0.3 is 15.6 Å². The molecule has 1 atom stereocenters. The maximum atomic E-state index is 12.6. The lowest BCUT2D eigenvalue weighted by Gasteiger charge is -2.16. The van der Waals surface area contributed by atoms with Crippen LogP contribution in [0.5, 0.6) is 5.75 Å². The number of hydrogen-bond donors (Lipinski definition) is 2. The maximum Gasteiger partial charge on any atom is 0.416 e. The number of aliphatic carboxylic acids is 1. The van der Waals surface area contributed by atoms with Gasteiger partial charge in [0, 0.05) is 6.42 Å². The first-order valence-corrected chi connectivity index (χ1v) is 5.46. The van der Waals surface area contributed by atoms with Crippen molar-refractivity contribution in [2.75, 3.05) is 7.11 Å². The van der Waals surface area contributed by atoms with Crippen LogP contribution in [0.25, 0.3) is 0 Å². The summed E-state index contributed by atoms with van der Waals surface area (Å²) < 4.78 is 42.8. The van der Waals surface area contributed by atoms with E-state index >= 15 is 0 Å². The maximum absolute atomic E-state index is 12.6. The molecule has 3 N–H and O–H groups in total. The second kappa shape index (κ2) is 5.66. The molecule has 0 fully saturated rings. The van der Waals surface area contributed by atoms with Crippen LogP contribution in [-0.2, 0) is 17.4 Å². The van der Waals surface area contributed by atoms with Crippen LogP contribution < -0.4 is 10.5 Å². The molecule has 0 saturated carbocycles. The number of rotatable bonds is 4. The molecule has 0 bridgehead atoms. The van der Waals surface area contributed by atoms with Crippen molar-refractivity contribution in [2.45, 2.75) is 18.6 Å². The lowest BCUT2D eigenvalue weighted by Crippen LogP contribution is -2.32. The Kier molecular flexibility index (Phi) is 4.65. The molecule has 106 valence electrons. The molecule has 0 saturated heterocycles. The van der Waals surface area contributed by atoms with Gasteiger partial charge in [-0.05, 0) is 17.7 Å². The van der Waals surface area contributed by atoms with Crippen molar-refractivity contribution in [2.24, 2.45) is 5.73 Å². The molecule has 0 aliphatic heterocycles. The number of nitrogens with two attached hydrogens (primary N) is 1. The molecule has 1 unspecified atom stereocenters. The number of methoxy groups -OCH3 is 1. The van der Waals surface area contributed by atoms with E-state index in [1.165, 1.54) is 7.11 Å². The molecular formula is C11H11ClF3NO3. The van der Waals surface area contributed by atoms with E-state index in [9.17, 15) is 18.0 Å². The van der Waals surface area contributed by atoms with Gasteiger partial charge in [0.2, 0.25) is 0 Å². The average molecular weight is 298 g/mol. The van der Waals surface area contributed by atoms with Gasteiger partial charge in [0.15, 0.2) is 0 Å². The Hall–Kier alpha value is -1.47. The molecule has 1 aromatic carbocycles. The number of ether oxygens (including phenoxy) is 1. The highest BCUT2D eigenvalue weighted by Gasteiger charge is 2.32. The second-order valence-electron chi connectivity index (χ2n) is 3.80. The van der Waals surface area contributed by atoms with Crippen molar-refractivity contribution in [1.82, 2.24) is 0 Å². The molecule has 0 heterocycles. The highest BCUT2D eigenvalue weighted by molar-refractivity contribution is 6.32. The van der Waals surface area contributed by atoms with Gasteiger partial charge in [-0.3, -0.25) is 4.79 Å². The number of halogens is 4. The quantitative estimate of drug-likeness (QED) is 0.894. The minimum Gasteiger partial charge on any atom is -0.495 e. The molecule has 4 nitrogen and oxygen atoms in total. The lowest BCUT2D eigenvalue weighted by molar-refractivity contribution is -0.138. The number of hydrogen-bond acceptors (Lipinski definition) is 3. The fraction of sp³-hybridized carbons (Fsp3) is 0.364. The van der Waals surface area contributed by atoms with Crippen molar-refractivity contribution in [3.63, 3.8) is 0 Å². The summed E-state index contributed by atoms with van der Waals surface area (Å²) >= 11 is 5.69. The van der Waals surface area contributed by atoms with E-state index in [2.05, 4.69) is 0 Å². The highest BCUT2D eigenvalue weighted by atomic mass is 35.5. The van der Waals surface area contributed by atoms with E-state index in [0.29, 0.717) is 0 Å². The standard InChI is InChI=1S/C11H11ClF3NO3/c1-19-9-5(3-8(16)10(17)18)2-6(4-7(9)12)11(13,14)15/h2,4,8H,3,16H2,1H3,(H,17,18). The van der Waals surface area contributed by atoms with Gasteiger partial charge in [-0.1, -0.05) is 11.6 Å². The zero-order valence-electron chi connectivity index (χ0n) is 9.79. The third-order valence-electron chi connectivity index (χ3n) is 2.41. The van der Waals surface area contributed by atoms with Crippen LogP contribution in [0.15, 0.2) is 12.1 Å². The van der Waals surface area contributed by atoms with Gasteiger partial charge in [0.05, 0.1) is 17.7 Å². The smallest absolute Gasteiger partial charge is 0.416 e. The van der Waals surface area contributed by atoms with Crippen LogP contribution >= 0.6 is 11.6 Å². The number of alkyl halides is 3. The Morgan fingerprint density at radius 3 is 2.53 bits per heavy atom. The van der Waals surface area contributed by atoms with Crippen LogP contribution in [0.3, 0.4) is 0 Å². The van der Waals surface area contributed by atoms with E-state index in [1.807, 2.05) is 0 Å². The van der Waals surface area contributed by atoms with Crippen LogP contribution in [0.1, 0.15) is 11.1 Å². The van der Waals surface area contributed by atoms with Crippen LogP contribution in [0.2, 0.25) is 5.02 Å². The Balaban J connectivity index is 3.27. The van der Waals surface area contributed by atoms with Crippen LogP contribution in [0.4, 0.5) is 13.2 Å². The van der Waals surface area contributed by atoms with E-state index in [4.69, 9.17) is 27.2 Å². The van der Waals surface area contributed by atoms with Crippen molar-refractivity contribution in [1.29, 1.82) is 0 Å². The monoisotopic (exact) mass is 297 g/mol. The third kappa shape index (κ3) is 3.74. The zero-order valence-corrected chi connectivity index (χ0v) is 10.5. The second-order valence-corrected chi connectivity index (χ2v) is 4.20. The molecule has 8 heteroatoms. The summed E-state index contributed by atoms with van der Waals surface area (Å²) in [6.07, 6.45) is -4.90. The molecule has 0 aliphatic rings. The summed E-state index contributed by atoms with van der Waals surface area (Å²) in [6, 6.07) is 0.164. The van der Waals surface area contributed by atoms with E-state index < -0.39 is 23.8 Å². The largest absolute Gasteiger partial charge is 0.495 e. The summed E-state index contributed by atoms with van der Waals surface area (Å²) in [4.78, 5) is 10.6. The first-order valence-electron chi connectivity index (χ1n) is 5.08. The summed E-state index contributed by atoms with van der Waals surface area (Å²) in [7, 11) is 1.23. The number of benzene rings is 1. The van der Waals surface area contributed by atoms with Gasteiger partial charge in [0.25, 0.3) is 0 Å². The van der Waals surface area contributed by atoms with Crippen molar-refractivity contribution in [3.8, 4) is 5.75 Å². The molecule has 0 aromatic heterocycles. The molecule has 0 amide bonds. The lowest BCUT2D eigenvalue weighted by atomic mass is 10.0. The molecular weight excluding hydrogens is 287 g/mol. The number of carboxylic acid groups (broad SMARTS) is 1. The van der Waals surface area contributed by atoms with Crippen molar-refractivity contribution in [3.05, 3.63) is 28.3 Å². The van der Waals surface area contributed by atoms with Crippen LogP contribution in [-0.4, -0.2) is 24.2 Å². The minimum atomic E-state index is -4.59. The topological polar surface area (TPSA) is 72.5 Å². The van der Waals surface area contributed by atoms with E-state index in [-0.39, 0.29) is 22.8 Å². The van der Waals surface area contributed by atoms with Crippen molar-refractivity contribution < 1.29 is 27.8 Å². The third-order valence-corrected chi connectivity index (χ3v) is 2.69. The molecule has 1 rings (SSSR count). The first kappa shape index (κ1) is 15.6. The summed E-state index contributed by atoms with van der Waals surface area (Å²) in [5, 5.41) is 8.44. The number of carbonyl (C=O) groups is 1. The highest BCUT2D eigenvalue weighted by Crippen LogP contribution is 2.37. The van der Waals surface area contributed by atoms with Gasteiger partial charge in [-0.25, -0.2) is 0 Å². The van der Waals surface area contributed by atoms with Crippen molar-refractivity contribution >= 4 is 17.6 Å². The first-order chi connectivity index (χ1) is 8.66. The Labute approximate surface area is 111 Å². The molecule has 19 heavy (non-hydrogen) atoms. The number of carboxylic acids is 1. The summed E-state index contributed by atoms with van der Waals surface area (Å²) in [6.45, 7) is 0. The van der Waals surface area contributed by atoms with E-state index in [1.54, 1.807) is 0 Å². The Bertz CT molecular complexity index is 491. The predicted molar refractivity (Wildman–Crippen MR) is 62.3 cm³/mol. The minimum absolute atomic E-state index is 0.00257. The Morgan fingerprint density at radius 1 is 1.53 bits per heavy atom. The van der Waals surface area contributed by atoms with Gasteiger partial charge in [-0.2, -0.15) is 13.2 Å². The molecule has 0 spiro atoms. The summed E-state index contributed by atoms with van der Waals surface area (Å²) in [5.74, 6) is -1.33. The van der Waals surface area contributed by atoms with Crippen LogP contribution in [0, 0.1) is 0 Å².